The van der Waals surface area contributed by atoms with Crippen LogP contribution < -0.4 is 14.8 Å². The summed E-state index contributed by atoms with van der Waals surface area (Å²) in [5, 5.41) is 13.2. The fraction of sp³-hybridized carbons (Fsp3) is 0.391. The van der Waals surface area contributed by atoms with Crippen molar-refractivity contribution in [2.45, 2.75) is 44.9 Å². The molecule has 0 aliphatic carbocycles. The number of ether oxygens (including phenoxy) is 3. The van der Waals surface area contributed by atoms with Gasteiger partial charge in [-0.2, -0.15) is 0 Å². The molecule has 0 aliphatic heterocycles. The van der Waals surface area contributed by atoms with Crippen LogP contribution in [0.4, 0.5) is 0 Å². The molecule has 0 heterocycles. The molecule has 2 rings (SSSR count). The number of hydrogen-bond acceptors (Lipinski definition) is 6. The molecule has 7 nitrogen and oxygen atoms in total. The number of aliphatic hydroxyl groups excluding tert-OH is 1. The summed E-state index contributed by atoms with van der Waals surface area (Å²) in [5.41, 5.74) is 1.41. The number of amides is 1. The van der Waals surface area contributed by atoms with Crippen LogP contribution in [0.5, 0.6) is 11.5 Å². The zero-order valence-electron chi connectivity index (χ0n) is 17.9. The zero-order valence-corrected chi connectivity index (χ0v) is 17.9. The molecule has 7 heteroatoms. The molecular formula is C23H29NO6. The first kappa shape index (κ1) is 23.2. The van der Waals surface area contributed by atoms with Crippen molar-refractivity contribution in [3.8, 4) is 11.5 Å². The van der Waals surface area contributed by atoms with Crippen LogP contribution in [-0.4, -0.2) is 43.3 Å². The van der Waals surface area contributed by atoms with Gasteiger partial charge in [0.15, 0.2) is 12.1 Å². The van der Waals surface area contributed by atoms with E-state index >= 15 is 0 Å². The van der Waals surface area contributed by atoms with Gasteiger partial charge in [-0.1, -0.05) is 44.2 Å². The summed E-state index contributed by atoms with van der Waals surface area (Å²) in [6.45, 7) is 5.65. The number of carbonyl (C=O) groups is 2. The van der Waals surface area contributed by atoms with Gasteiger partial charge in [0.2, 0.25) is 0 Å². The summed E-state index contributed by atoms with van der Waals surface area (Å²) in [4.78, 5) is 25.0. The number of rotatable bonds is 9. The topological polar surface area (TPSA) is 94.1 Å². The third kappa shape index (κ3) is 5.73. The summed E-state index contributed by atoms with van der Waals surface area (Å²) in [7, 11) is 2.72. The molecule has 0 fully saturated rings. The van der Waals surface area contributed by atoms with Crippen molar-refractivity contribution in [3.63, 3.8) is 0 Å². The molecule has 2 aromatic carbocycles. The summed E-state index contributed by atoms with van der Waals surface area (Å²) in [5.74, 6) is 0.116. The first-order valence-electron chi connectivity index (χ1n) is 9.74. The number of aliphatic hydroxyl groups is 1. The van der Waals surface area contributed by atoms with Crippen LogP contribution in [0.15, 0.2) is 48.5 Å². The Hall–Kier alpha value is -3.06. The highest BCUT2D eigenvalue weighted by molar-refractivity contribution is 5.87. The molecule has 3 unspecified atom stereocenters. The lowest BCUT2D eigenvalue weighted by Gasteiger charge is -2.25. The number of para-hydroxylation sites is 1. The molecule has 0 aromatic heterocycles. The van der Waals surface area contributed by atoms with Crippen molar-refractivity contribution in [2.75, 3.05) is 14.2 Å². The van der Waals surface area contributed by atoms with Crippen molar-refractivity contribution in [3.05, 3.63) is 59.7 Å². The fourth-order valence-corrected chi connectivity index (χ4v) is 2.97. The van der Waals surface area contributed by atoms with Crippen molar-refractivity contribution in [2.24, 2.45) is 0 Å². The summed E-state index contributed by atoms with van der Waals surface area (Å²) in [6, 6.07) is 12.7. The van der Waals surface area contributed by atoms with Crippen LogP contribution in [0.25, 0.3) is 0 Å². The number of esters is 1. The lowest BCUT2D eigenvalue weighted by atomic mass is 10.0. The first-order chi connectivity index (χ1) is 14.3. The van der Waals surface area contributed by atoms with Gasteiger partial charge < -0.3 is 24.6 Å². The molecule has 0 saturated carbocycles. The van der Waals surface area contributed by atoms with E-state index in [1.54, 1.807) is 37.3 Å². The Morgan fingerprint density at radius 1 is 0.967 bits per heavy atom. The Balaban J connectivity index is 2.15. The largest absolute Gasteiger partial charge is 0.497 e. The number of carbonyl (C=O) groups excluding carboxylic acids is 2. The molecule has 0 saturated heterocycles. The van der Waals surface area contributed by atoms with E-state index in [4.69, 9.17) is 14.2 Å². The Bertz CT molecular complexity index is 849. The predicted molar refractivity (Wildman–Crippen MR) is 113 cm³/mol. The molecule has 1 amide bonds. The van der Waals surface area contributed by atoms with E-state index in [9.17, 15) is 14.7 Å². The Morgan fingerprint density at radius 3 is 2.17 bits per heavy atom. The first-order valence-corrected chi connectivity index (χ1v) is 9.74. The van der Waals surface area contributed by atoms with E-state index in [1.165, 1.54) is 14.2 Å². The molecule has 0 spiro atoms. The van der Waals surface area contributed by atoms with E-state index < -0.39 is 30.1 Å². The highest BCUT2D eigenvalue weighted by Crippen LogP contribution is 2.27. The van der Waals surface area contributed by atoms with E-state index in [2.05, 4.69) is 5.32 Å². The number of hydrogen-bond donors (Lipinski definition) is 2. The number of nitrogens with one attached hydrogen (secondary N) is 1. The van der Waals surface area contributed by atoms with Gasteiger partial charge in [-0.3, -0.25) is 4.79 Å². The summed E-state index contributed by atoms with van der Waals surface area (Å²) < 4.78 is 15.7. The Morgan fingerprint density at radius 2 is 1.60 bits per heavy atom. The van der Waals surface area contributed by atoms with Crippen LogP contribution >= 0.6 is 0 Å². The van der Waals surface area contributed by atoms with Crippen molar-refractivity contribution in [1.82, 2.24) is 5.32 Å². The SMILES string of the molecule is COC(=O)C(NC(=O)C(C)Oc1ccccc1C(C)C)C(O)c1ccc(OC)cc1. The smallest absolute Gasteiger partial charge is 0.331 e. The standard InChI is InChI=1S/C23H29NO6/c1-14(2)18-8-6-7-9-19(18)30-15(3)22(26)24-20(23(27)29-5)21(25)16-10-12-17(28-4)13-11-16/h6-15,20-21,25H,1-5H3,(H,24,26). The van der Waals surface area contributed by atoms with Crippen LogP contribution in [-0.2, 0) is 14.3 Å². The minimum absolute atomic E-state index is 0.219. The van der Waals surface area contributed by atoms with E-state index in [0.717, 1.165) is 5.56 Å². The minimum Gasteiger partial charge on any atom is -0.497 e. The highest BCUT2D eigenvalue weighted by atomic mass is 16.5. The molecule has 3 atom stereocenters. The second-order valence-electron chi connectivity index (χ2n) is 7.18. The molecule has 0 bridgehead atoms. The lowest BCUT2D eigenvalue weighted by Crippen LogP contribution is -2.49. The zero-order chi connectivity index (χ0) is 22.3. The summed E-state index contributed by atoms with van der Waals surface area (Å²) in [6.07, 6.45) is -2.19. The second kappa shape index (κ2) is 10.6. The lowest BCUT2D eigenvalue weighted by molar-refractivity contribution is -0.149. The normalized spacial score (nSPS) is 13.8. The van der Waals surface area contributed by atoms with E-state index in [1.807, 2.05) is 32.0 Å². The second-order valence-corrected chi connectivity index (χ2v) is 7.18. The van der Waals surface area contributed by atoms with Crippen molar-refractivity contribution >= 4 is 11.9 Å². The van der Waals surface area contributed by atoms with Crippen LogP contribution in [0, 0.1) is 0 Å². The van der Waals surface area contributed by atoms with Gasteiger partial charge in [-0.15, -0.1) is 0 Å². The molecule has 2 N–H and O–H groups in total. The predicted octanol–water partition coefficient (Wildman–Crippen LogP) is 2.98. The third-order valence-corrected chi connectivity index (χ3v) is 4.74. The molecular weight excluding hydrogens is 386 g/mol. The molecule has 0 radical (unpaired) electrons. The van der Waals surface area contributed by atoms with Gasteiger partial charge in [0.25, 0.3) is 5.91 Å². The molecule has 162 valence electrons. The quantitative estimate of drug-likeness (QED) is 0.612. The number of benzene rings is 2. The van der Waals surface area contributed by atoms with Gasteiger partial charge in [0.05, 0.1) is 14.2 Å². The maximum absolute atomic E-state index is 12.7. The van der Waals surface area contributed by atoms with E-state index in [0.29, 0.717) is 17.1 Å². The van der Waals surface area contributed by atoms with Crippen molar-refractivity contribution < 1.29 is 28.9 Å². The van der Waals surface area contributed by atoms with Crippen molar-refractivity contribution in [1.29, 1.82) is 0 Å². The maximum atomic E-state index is 12.7. The van der Waals surface area contributed by atoms with Gasteiger partial charge in [0, 0.05) is 0 Å². The van der Waals surface area contributed by atoms with Gasteiger partial charge >= 0.3 is 5.97 Å². The molecule has 2 aromatic rings. The molecule has 30 heavy (non-hydrogen) atoms. The average Bonchev–Trinajstić information content (AvgIpc) is 2.76. The fourth-order valence-electron chi connectivity index (χ4n) is 2.97. The number of methoxy groups -OCH3 is 2. The Labute approximate surface area is 177 Å². The Kier molecular flexibility index (Phi) is 8.24. The molecule has 0 aliphatic rings. The average molecular weight is 415 g/mol. The minimum atomic E-state index is -1.30. The monoisotopic (exact) mass is 415 g/mol. The maximum Gasteiger partial charge on any atom is 0.331 e. The summed E-state index contributed by atoms with van der Waals surface area (Å²) >= 11 is 0. The van der Waals surface area contributed by atoms with Crippen LogP contribution in [0.1, 0.15) is 43.9 Å². The third-order valence-electron chi connectivity index (χ3n) is 4.74. The highest BCUT2D eigenvalue weighted by Gasteiger charge is 2.32. The van der Waals surface area contributed by atoms with Crippen LogP contribution in [0.3, 0.4) is 0 Å². The van der Waals surface area contributed by atoms with Gasteiger partial charge in [-0.05, 0) is 42.2 Å². The van der Waals surface area contributed by atoms with Crippen LogP contribution in [0.2, 0.25) is 0 Å². The van der Waals surface area contributed by atoms with Gasteiger partial charge in [0.1, 0.15) is 17.6 Å². The van der Waals surface area contributed by atoms with Gasteiger partial charge in [-0.25, -0.2) is 4.79 Å². The van der Waals surface area contributed by atoms with E-state index in [-0.39, 0.29) is 5.92 Å².